The first-order valence-corrected chi connectivity index (χ1v) is 6.95. The number of hydrogen-bond acceptors (Lipinski definition) is 4. The third-order valence-electron chi connectivity index (χ3n) is 3.70. The summed E-state index contributed by atoms with van der Waals surface area (Å²) in [6.45, 7) is -0.342. The molecule has 3 rings (SSSR count). The molecule has 132 valence electrons. The summed E-state index contributed by atoms with van der Waals surface area (Å²) < 4.78 is 65.4. The molecule has 0 bridgehead atoms. The van der Waals surface area contributed by atoms with Crippen molar-refractivity contribution in [2.45, 2.75) is 12.8 Å². The number of carboxylic acids is 1. The number of benzene rings is 1. The quantitative estimate of drug-likeness (QED) is 0.666. The first-order chi connectivity index (χ1) is 11.7. The largest absolute Gasteiger partial charge is 0.488 e. The summed E-state index contributed by atoms with van der Waals surface area (Å²) >= 11 is 0. The number of carbonyl (C=O) groups is 1. The summed E-state index contributed by atoms with van der Waals surface area (Å²) in [5.41, 5.74) is -0.489. The lowest BCUT2D eigenvalue weighted by molar-refractivity contribution is -0.211. The van der Waals surface area contributed by atoms with E-state index >= 15 is 0 Å². The first kappa shape index (κ1) is 16.9. The molecule has 1 aromatic rings. The minimum absolute atomic E-state index is 0.0375. The van der Waals surface area contributed by atoms with Crippen LogP contribution in [0.4, 0.5) is 22.0 Å². The van der Waals surface area contributed by atoms with Gasteiger partial charge < -0.3 is 5.11 Å². The fraction of sp³-hybridized carbons (Fsp3) is 0.200. The van der Waals surface area contributed by atoms with Crippen molar-refractivity contribution in [1.82, 2.24) is 9.91 Å². The second-order valence-corrected chi connectivity index (χ2v) is 5.33. The highest BCUT2D eigenvalue weighted by atomic mass is 19.4. The van der Waals surface area contributed by atoms with Crippen molar-refractivity contribution < 1.29 is 31.9 Å². The number of aliphatic carboxylic acids is 1. The van der Waals surface area contributed by atoms with E-state index in [1.165, 1.54) is 0 Å². The van der Waals surface area contributed by atoms with E-state index in [1.807, 2.05) is 0 Å². The molecular formula is C15H10F5N3O2. The summed E-state index contributed by atoms with van der Waals surface area (Å²) in [6.07, 6.45) is -2.25. The minimum atomic E-state index is -4.70. The number of nitrogens with zero attached hydrogens (tertiary/aromatic N) is 3. The van der Waals surface area contributed by atoms with Gasteiger partial charge in [-0.1, -0.05) is 12.1 Å². The molecule has 1 atom stereocenters. The van der Waals surface area contributed by atoms with Gasteiger partial charge in [-0.3, -0.25) is 9.91 Å². The summed E-state index contributed by atoms with van der Waals surface area (Å²) in [6, 6.07) is 2.74. The van der Waals surface area contributed by atoms with Gasteiger partial charge in [0, 0.05) is 24.0 Å². The molecule has 2 heterocycles. The maximum absolute atomic E-state index is 13.8. The molecule has 1 N–H and O–H groups in total. The van der Waals surface area contributed by atoms with Crippen LogP contribution in [0.2, 0.25) is 0 Å². The summed E-state index contributed by atoms with van der Waals surface area (Å²) in [5.74, 6) is -4.10. The van der Waals surface area contributed by atoms with Gasteiger partial charge in [0.05, 0.1) is 18.2 Å². The van der Waals surface area contributed by atoms with Crippen molar-refractivity contribution in [3.8, 4) is 0 Å². The second-order valence-electron chi connectivity index (χ2n) is 5.33. The van der Waals surface area contributed by atoms with Crippen LogP contribution in [0.5, 0.6) is 0 Å². The number of alkyl halides is 3. The van der Waals surface area contributed by atoms with Gasteiger partial charge in [-0.05, 0) is 6.07 Å². The maximum atomic E-state index is 13.8. The van der Waals surface area contributed by atoms with E-state index < -0.39 is 29.8 Å². The van der Waals surface area contributed by atoms with Gasteiger partial charge in [0.15, 0.2) is 5.71 Å². The van der Waals surface area contributed by atoms with Crippen molar-refractivity contribution in [2.75, 3.05) is 0 Å². The Morgan fingerprint density at radius 1 is 1.28 bits per heavy atom. The number of halogens is 5. The van der Waals surface area contributed by atoms with Crippen LogP contribution >= 0.6 is 0 Å². The van der Waals surface area contributed by atoms with Crippen LogP contribution < -0.4 is 0 Å². The zero-order valence-corrected chi connectivity index (χ0v) is 12.3. The van der Waals surface area contributed by atoms with Gasteiger partial charge in [-0.2, -0.15) is 5.10 Å². The van der Waals surface area contributed by atoms with Crippen LogP contribution in [-0.4, -0.2) is 33.0 Å². The fourth-order valence-corrected chi connectivity index (χ4v) is 2.52. The summed E-state index contributed by atoms with van der Waals surface area (Å²) in [4.78, 5) is 11.2. The van der Waals surface area contributed by atoms with E-state index in [-0.39, 0.29) is 28.4 Å². The molecule has 0 radical (unpaired) electrons. The van der Waals surface area contributed by atoms with Crippen LogP contribution in [0.15, 0.2) is 47.5 Å². The smallest absolute Gasteiger partial charge is 0.477 e. The molecule has 0 saturated heterocycles. The van der Waals surface area contributed by atoms with Crippen LogP contribution in [0.3, 0.4) is 0 Å². The van der Waals surface area contributed by atoms with E-state index in [9.17, 15) is 31.9 Å². The molecule has 1 aromatic carbocycles. The van der Waals surface area contributed by atoms with Crippen LogP contribution in [0, 0.1) is 17.6 Å². The highest BCUT2D eigenvalue weighted by molar-refractivity contribution is 6.38. The minimum Gasteiger partial charge on any atom is -0.477 e. The number of rotatable bonds is 3. The highest BCUT2D eigenvalue weighted by Gasteiger charge is 2.42. The average Bonchev–Trinajstić information content (AvgIpc) is 2.87. The third-order valence-corrected chi connectivity index (χ3v) is 3.70. The number of allylic oxidation sites excluding steroid dienone is 1. The topological polar surface area (TPSA) is 56.1 Å². The predicted molar refractivity (Wildman–Crippen MR) is 75.6 cm³/mol. The Kier molecular flexibility index (Phi) is 3.97. The van der Waals surface area contributed by atoms with Crippen LogP contribution in [0.25, 0.3) is 0 Å². The number of hydrazone groups is 1. The molecule has 0 aromatic heterocycles. The molecule has 0 fully saturated rings. The molecule has 1 unspecified atom stereocenters. The van der Waals surface area contributed by atoms with Crippen molar-refractivity contribution in [2.24, 2.45) is 11.0 Å². The van der Waals surface area contributed by atoms with Crippen molar-refractivity contribution in [3.05, 3.63) is 59.6 Å². The fourth-order valence-electron chi connectivity index (χ4n) is 2.52. The molecule has 0 saturated carbocycles. The third kappa shape index (κ3) is 3.19. The van der Waals surface area contributed by atoms with Gasteiger partial charge in [-0.25, -0.2) is 13.6 Å². The van der Waals surface area contributed by atoms with Gasteiger partial charge in [-0.15, -0.1) is 13.2 Å². The first-order valence-electron chi connectivity index (χ1n) is 6.95. The SMILES string of the molecule is O=C(O)C1=NN(Cc2ccc(F)cc2F)C2=CN(C(F)(F)F)C=CC21. The van der Waals surface area contributed by atoms with Crippen molar-refractivity contribution >= 4 is 11.7 Å². The second kappa shape index (κ2) is 5.87. The van der Waals surface area contributed by atoms with E-state index in [0.717, 1.165) is 23.2 Å². The Bertz CT molecular complexity index is 816. The van der Waals surface area contributed by atoms with Crippen LogP contribution in [0.1, 0.15) is 5.56 Å². The summed E-state index contributed by atoms with van der Waals surface area (Å²) in [5, 5.41) is 13.9. The lowest BCUT2D eigenvalue weighted by atomic mass is 9.98. The zero-order chi connectivity index (χ0) is 18.4. The Morgan fingerprint density at radius 2 is 2.00 bits per heavy atom. The van der Waals surface area contributed by atoms with Gasteiger partial charge in [0.1, 0.15) is 11.6 Å². The van der Waals surface area contributed by atoms with E-state index in [0.29, 0.717) is 18.5 Å². The number of fused-ring (bicyclic) bond motifs is 1. The Morgan fingerprint density at radius 3 is 2.60 bits per heavy atom. The molecule has 0 aliphatic carbocycles. The number of hydrogen-bond donors (Lipinski definition) is 1. The van der Waals surface area contributed by atoms with E-state index in [2.05, 4.69) is 5.10 Å². The maximum Gasteiger partial charge on any atom is 0.488 e. The molecule has 10 heteroatoms. The zero-order valence-electron chi connectivity index (χ0n) is 12.3. The van der Waals surface area contributed by atoms with Gasteiger partial charge in [0.25, 0.3) is 0 Å². The van der Waals surface area contributed by atoms with E-state index in [1.54, 1.807) is 0 Å². The Balaban J connectivity index is 1.96. The van der Waals surface area contributed by atoms with Gasteiger partial charge in [0.2, 0.25) is 0 Å². The molecule has 5 nitrogen and oxygen atoms in total. The Labute approximate surface area is 137 Å². The monoisotopic (exact) mass is 359 g/mol. The molecular weight excluding hydrogens is 349 g/mol. The molecule has 25 heavy (non-hydrogen) atoms. The average molecular weight is 359 g/mol. The van der Waals surface area contributed by atoms with Crippen LogP contribution in [-0.2, 0) is 11.3 Å². The standard InChI is InChI=1S/C15H10F5N3O2/c16-9-2-1-8(11(17)5-9)6-23-12-7-22(15(18,19)20)4-3-10(12)13(21-23)14(24)25/h1-5,7,10H,6H2,(H,24,25). The van der Waals surface area contributed by atoms with Crippen molar-refractivity contribution in [3.63, 3.8) is 0 Å². The normalized spacial score (nSPS) is 19.6. The van der Waals surface area contributed by atoms with Crippen molar-refractivity contribution in [1.29, 1.82) is 0 Å². The Hall–Kier alpha value is -2.91. The number of carboxylic acid groups (broad SMARTS) is 1. The lowest BCUT2D eigenvalue weighted by Gasteiger charge is -2.27. The molecule has 2 aliphatic heterocycles. The highest BCUT2D eigenvalue weighted by Crippen LogP contribution is 2.35. The molecule has 0 spiro atoms. The van der Waals surface area contributed by atoms with E-state index in [4.69, 9.17) is 0 Å². The molecule has 0 amide bonds. The predicted octanol–water partition coefficient (Wildman–Crippen LogP) is 3.03. The molecule has 2 aliphatic rings. The lowest BCUT2D eigenvalue weighted by Crippen LogP contribution is -2.34. The summed E-state index contributed by atoms with van der Waals surface area (Å²) in [7, 11) is 0. The van der Waals surface area contributed by atoms with Gasteiger partial charge >= 0.3 is 12.3 Å².